The van der Waals surface area contributed by atoms with Crippen LogP contribution in [-0.4, -0.2) is 25.2 Å². The zero-order valence-electron chi connectivity index (χ0n) is 11.3. The molecule has 1 heterocycles. The average molecular weight is 269 g/mol. The Kier molecular flexibility index (Phi) is 4.80. The van der Waals surface area contributed by atoms with E-state index in [2.05, 4.69) is 5.32 Å². The fourth-order valence-corrected chi connectivity index (χ4v) is 1.88. The standard InChI is InChI=1S/C12H19N3O4/c1-4-18-11(16)7-6(3)8(12(17)19-5-2)10(14)15-9(7)13/h6,15H,4-5,13-14H2,1-3H3. The summed E-state index contributed by atoms with van der Waals surface area (Å²) in [6, 6.07) is 0. The van der Waals surface area contributed by atoms with Gasteiger partial charge in [0.2, 0.25) is 0 Å². The van der Waals surface area contributed by atoms with E-state index in [1.54, 1.807) is 20.8 Å². The van der Waals surface area contributed by atoms with Crippen LogP contribution < -0.4 is 16.8 Å². The Morgan fingerprint density at radius 1 is 1.05 bits per heavy atom. The predicted molar refractivity (Wildman–Crippen MR) is 68.0 cm³/mol. The molecule has 0 amide bonds. The van der Waals surface area contributed by atoms with E-state index in [4.69, 9.17) is 20.9 Å². The fourth-order valence-electron chi connectivity index (χ4n) is 1.88. The van der Waals surface area contributed by atoms with Crippen LogP contribution >= 0.6 is 0 Å². The maximum absolute atomic E-state index is 11.8. The van der Waals surface area contributed by atoms with Crippen molar-refractivity contribution in [3.63, 3.8) is 0 Å². The quantitative estimate of drug-likeness (QED) is 0.599. The normalized spacial score (nSPS) is 16.2. The Morgan fingerprint density at radius 3 is 1.74 bits per heavy atom. The molecule has 0 bridgehead atoms. The number of esters is 2. The highest BCUT2D eigenvalue weighted by atomic mass is 16.5. The molecular weight excluding hydrogens is 250 g/mol. The van der Waals surface area contributed by atoms with Gasteiger partial charge in [0.05, 0.1) is 24.4 Å². The number of nitrogens with two attached hydrogens (primary N) is 2. The number of hydrogen-bond donors (Lipinski definition) is 3. The summed E-state index contributed by atoms with van der Waals surface area (Å²) < 4.78 is 9.83. The molecule has 1 rings (SSSR count). The smallest absolute Gasteiger partial charge is 0.338 e. The molecule has 0 spiro atoms. The highest BCUT2D eigenvalue weighted by molar-refractivity contribution is 5.97. The zero-order valence-corrected chi connectivity index (χ0v) is 11.3. The molecule has 0 aliphatic carbocycles. The number of carbonyl (C=O) groups is 2. The van der Waals surface area contributed by atoms with Crippen molar-refractivity contribution in [1.82, 2.24) is 5.32 Å². The van der Waals surface area contributed by atoms with Crippen LogP contribution in [0.4, 0.5) is 0 Å². The molecular formula is C12H19N3O4. The summed E-state index contributed by atoms with van der Waals surface area (Å²) in [5.41, 5.74) is 11.8. The first-order chi connectivity index (χ1) is 8.93. The lowest BCUT2D eigenvalue weighted by molar-refractivity contribution is -0.140. The molecule has 0 unspecified atom stereocenters. The van der Waals surface area contributed by atoms with Gasteiger partial charge in [-0.15, -0.1) is 0 Å². The van der Waals surface area contributed by atoms with E-state index in [0.717, 1.165) is 0 Å². The molecule has 1 aliphatic rings. The molecule has 0 aromatic heterocycles. The third-order valence-electron chi connectivity index (χ3n) is 2.71. The Labute approximate surface area is 111 Å². The molecule has 0 fully saturated rings. The van der Waals surface area contributed by atoms with Crippen LogP contribution in [-0.2, 0) is 19.1 Å². The Balaban J connectivity index is 3.08. The summed E-state index contributed by atoms with van der Waals surface area (Å²) in [5, 5.41) is 2.60. The van der Waals surface area contributed by atoms with E-state index in [0.29, 0.717) is 0 Å². The van der Waals surface area contributed by atoms with Gasteiger partial charge in [-0.2, -0.15) is 0 Å². The number of carbonyl (C=O) groups excluding carboxylic acids is 2. The average Bonchev–Trinajstić information content (AvgIpc) is 2.28. The number of nitrogens with one attached hydrogen (secondary N) is 1. The van der Waals surface area contributed by atoms with Gasteiger partial charge in [-0.1, -0.05) is 6.92 Å². The first-order valence-electron chi connectivity index (χ1n) is 6.04. The Hall–Kier alpha value is -2.18. The lowest BCUT2D eigenvalue weighted by atomic mass is 9.90. The summed E-state index contributed by atoms with van der Waals surface area (Å²) in [4.78, 5) is 23.7. The Bertz CT molecular complexity index is 414. The van der Waals surface area contributed by atoms with Gasteiger partial charge in [-0.25, -0.2) is 9.59 Å². The van der Waals surface area contributed by atoms with Gasteiger partial charge < -0.3 is 26.3 Å². The highest BCUT2D eigenvalue weighted by Crippen LogP contribution is 2.28. The maximum atomic E-state index is 11.8. The second-order valence-electron chi connectivity index (χ2n) is 3.94. The third-order valence-corrected chi connectivity index (χ3v) is 2.71. The van der Waals surface area contributed by atoms with Crippen LogP contribution in [0.5, 0.6) is 0 Å². The number of dihydropyridines is 1. The van der Waals surface area contributed by atoms with E-state index in [-0.39, 0.29) is 36.0 Å². The molecule has 1 aliphatic heterocycles. The molecule has 106 valence electrons. The predicted octanol–water partition coefficient (Wildman–Crippen LogP) is -0.307. The zero-order chi connectivity index (χ0) is 14.6. The maximum Gasteiger partial charge on any atom is 0.338 e. The van der Waals surface area contributed by atoms with Crippen LogP contribution in [0.2, 0.25) is 0 Å². The summed E-state index contributed by atoms with van der Waals surface area (Å²) in [6.45, 7) is 5.46. The van der Waals surface area contributed by atoms with Crippen molar-refractivity contribution in [3.8, 4) is 0 Å². The molecule has 0 aromatic carbocycles. The minimum Gasteiger partial charge on any atom is -0.463 e. The molecule has 0 saturated carbocycles. The number of ether oxygens (including phenoxy) is 2. The molecule has 0 aromatic rings. The van der Waals surface area contributed by atoms with Crippen LogP contribution in [0.15, 0.2) is 22.8 Å². The second kappa shape index (κ2) is 6.12. The van der Waals surface area contributed by atoms with Crippen molar-refractivity contribution in [2.45, 2.75) is 20.8 Å². The van der Waals surface area contributed by atoms with Gasteiger partial charge >= 0.3 is 11.9 Å². The van der Waals surface area contributed by atoms with E-state index >= 15 is 0 Å². The van der Waals surface area contributed by atoms with Crippen molar-refractivity contribution in [3.05, 3.63) is 22.8 Å². The number of hydrogen-bond acceptors (Lipinski definition) is 7. The topological polar surface area (TPSA) is 117 Å². The lowest BCUT2D eigenvalue weighted by Crippen LogP contribution is -2.39. The minimum absolute atomic E-state index is 0.0940. The van der Waals surface area contributed by atoms with E-state index in [9.17, 15) is 9.59 Å². The molecule has 5 N–H and O–H groups in total. The second-order valence-corrected chi connectivity index (χ2v) is 3.94. The van der Waals surface area contributed by atoms with E-state index in [1.165, 1.54) is 0 Å². The molecule has 19 heavy (non-hydrogen) atoms. The van der Waals surface area contributed by atoms with Gasteiger partial charge in [0.1, 0.15) is 11.6 Å². The van der Waals surface area contributed by atoms with Gasteiger partial charge in [0.25, 0.3) is 0 Å². The van der Waals surface area contributed by atoms with Crippen molar-refractivity contribution in [2.75, 3.05) is 13.2 Å². The van der Waals surface area contributed by atoms with Crippen LogP contribution in [0, 0.1) is 5.92 Å². The van der Waals surface area contributed by atoms with Gasteiger partial charge in [0, 0.05) is 5.92 Å². The molecule has 7 heteroatoms. The van der Waals surface area contributed by atoms with Gasteiger partial charge in [0.15, 0.2) is 0 Å². The lowest BCUT2D eigenvalue weighted by Gasteiger charge is -2.26. The monoisotopic (exact) mass is 269 g/mol. The van der Waals surface area contributed by atoms with Crippen LogP contribution in [0.1, 0.15) is 20.8 Å². The van der Waals surface area contributed by atoms with Crippen LogP contribution in [0.25, 0.3) is 0 Å². The van der Waals surface area contributed by atoms with Crippen LogP contribution in [0.3, 0.4) is 0 Å². The third kappa shape index (κ3) is 2.98. The largest absolute Gasteiger partial charge is 0.463 e. The van der Waals surface area contributed by atoms with E-state index in [1.807, 2.05) is 0 Å². The minimum atomic E-state index is -0.584. The van der Waals surface area contributed by atoms with Crippen molar-refractivity contribution in [2.24, 2.45) is 17.4 Å². The summed E-state index contributed by atoms with van der Waals surface area (Å²) in [7, 11) is 0. The first kappa shape index (κ1) is 14.9. The fraction of sp³-hybridized carbons (Fsp3) is 0.500. The molecule has 0 atom stereocenters. The first-order valence-corrected chi connectivity index (χ1v) is 6.04. The number of rotatable bonds is 4. The highest BCUT2D eigenvalue weighted by Gasteiger charge is 2.34. The van der Waals surface area contributed by atoms with Crippen molar-refractivity contribution in [1.29, 1.82) is 0 Å². The van der Waals surface area contributed by atoms with Crippen molar-refractivity contribution >= 4 is 11.9 Å². The summed E-state index contributed by atoms with van der Waals surface area (Å²) >= 11 is 0. The van der Waals surface area contributed by atoms with Crippen molar-refractivity contribution < 1.29 is 19.1 Å². The van der Waals surface area contributed by atoms with Gasteiger partial charge in [-0.05, 0) is 13.8 Å². The molecule has 7 nitrogen and oxygen atoms in total. The van der Waals surface area contributed by atoms with Gasteiger partial charge in [-0.3, -0.25) is 0 Å². The SMILES string of the molecule is CCOC(=O)C1=C(N)NC(N)=C(C(=O)OCC)C1C. The summed E-state index contributed by atoms with van der Waals surface area (Å²) in [6.07, 6.45) is 0. The summed E-state index contributed by atoms with van der Waals surface area (Å²) in [5.74, 6) is -1.55. The Morgan fingerprint density at radius 2 is 1.42 bits per heavy atom. The van der Waals surface area contributed by atoms with E-state index < -0.39 is 17.9 Å². The molecule has 0 saturated heterocycles. The molecule has 0 radical (unpaired) electrons.